The third-order valence-corrected chi connectivity index (χ3v) is 3.42. The molecule has 1 aliphatic carbocycles. The minimum atomic E-state index is -0.986. The first-order chi connectivity index (χ1) is 7.45. The van der Waals surface area contributed by atoms with Crippen molar-refractivity contribution in [2.45, 2.75) is 44.7 Å². The van der Waals surface area contributed by atoms with Gasteiger partial charge in [0.15, 0.2) is 0 Å². The molecule has 0 aromatic heterocycles. The summed E-state index contributed by atoms with van der Waals surface area (Å²) in [4.78, 5) is 24.1. The zero-order valence-corrected chi connectivity index (χ0v) is 9.85. The summed E-state index contributed by atoms with van der Waals surface area (Å²) >= 11 is 0. The van der Waals surface area contributed by atoms with Crippen LogP contribution in [0.15, 0.2) is 0 Å². The standard InChI is InChI=1S/C11H20N2O3/c1-7(11(15)16)13(2)10(14)8-5-3-4-6-9(8)12/h7-9H,3-6,12H2,1-2H3,(H,15,16). The minimum absolute atomic E-state index is 0.121. The number of rotatable bonds is 3. The van der Waals surface area contributed by atoms with E-state index in [2.05, 4.69) is 0 Å². The second-order valence-electron chi connectivity index (χ2n) is 4.52. The summed E-state index contributed by atoms with van der Waals surface area (Å²) < 4.78 is 0. The smallest absolute Gasteiger partial charge is 0.326 e. The van der Waals surface area contributed by atoms with Crippen molar-refractivity contribution in [2.24, 2.45) is 11.7 Å². The molecule has 0 radical (unpaired) electrons. The van der Waals surface area contributed by atoms with Crippen molar-refractivity contribution in [2.75, 3.05) is 7.05 Å². The maximum absolute atomic E-state index is 12.0. The van der Waals surface area contributed by atoms with Gasteiger partial charge in [0.25, 0.3) is 0 Å². The van der Waals surface area contributed by atoms with Gasteiger partial charge in [-0.3, -0.25) is 4.79 Å². The second kappa shape index (κ2) is 5.30. The average Bonchev–Trinajstić information content (AvgIpc) is 2.26. The second-order valence-corrected chi connectivity index (χ2v) is 4.52. The molecule has 3 atom stereocenters. The highest BCUT2D eigenvalue weighted by molar-refractivity contribution is 5.85. The van der Waals surface area contributed by atoms with Crippen LogP contribution in [0.4, 0.5) is 0 Å². The van der Waals surface area contributed by atoms with Gasteiger partial charge in [0.1, 0.15) is 6.04 Å². The van der Waals surface area contributed by atoms with Gasteiger partial charge in [-0.1, -0.05) is 12.8 Å². The van der Waals surface area contributed by atoms with Crippen LogP contribution in [0.25, 0.3) is 0 Å². The number of carbonyl (C=O) groups is 2. The predicted molar refractivity (Wildman–Crippen MR) is 59.8 cm³/mol. The maximum Gasteiger partial charge on any atom is 0.326 e. The molecule has 16 heavy (non-hydrogen) atoms. The van der Waals surface area contributed by atoms with E-state index >= 15 is 0 Å². The van der Waals surface area contributed by atoms with Gasteiger partial charge in [-0.2, -0.15) is 0 Å². The van der Waals surface area contributed by atoms with Crippen LogP contribution in [-0.2, 0) is 9.59 Å². The maximum atomic E-state index is 12.0. The van der Waals surface area contributed by atoms with E-state index in [4.69, 9.17) is 10.8 Å². The monoisotopic (exact) mass is 228 g/mol. The Morgan fingerprint density at radius 3 is 2.44 bits per heavy atom. The lowest BCUT2D eigenvalue weighted by molar-refractivity contribution is -0.150. The molecule has 3 unspecified atom stereocenters. The highest BCUT2D eigenvalue weighted by Gasteiger charge is 2.33. The van der Waals surface area contributed by atoms with Gasteiger partial charge in [-0.05, 0) is 19.8 Å². The number of nitrogens with two attached hydrogens (primary N) is 1. The third-order valence-electron chi connectivity index (χ3n) is 3.42. The lowest BCUT2D eigenvalue weighted by Crippen LogP contribution is -2.49. The molecule has 0 saturated heterocycles. The van der Waals surface area contributed by atoms with Gasteiger partial charge in [-0.15, -0.1) is 0 Å². The molecule has 1 aliphatic rings. The number of carboxylic acid groups (broad SMARTS) is 1. The molecular weight excluding hydrogens is 208 g/mol. The van der Waals surface area contributed by atoms with Gasteiger partial charge in [0.05, 0.1) is 5.92 Å². The van der Waals surface area contributed by atoms with Crippen LogP contribution >= 0.6 is 0 Å². The third kappa shape index (κ3) is 2.72. The number of amides is 1. The molecule has 5 heteroatoms. The number of hydrogen-bond donors (Lipinski definition) is 2. The zero-order valence-electron chi connectivity index (χ0n) is 9.85. The van der Waals surface area contributed by atoms with Crippen molar-refractivity contribution in [3.63, 3.8) is 0 Å². The molecule has 0 aromatic carbocycles. The van der Waals surface area contributed by atoms with Gasteiger partial charge in [-0.25, -0.2) is 4.79 Å². The van der Waals surface area contributed by atoms with Crippen molar-refractivity contribution in [3.05, 3.63) is 0 Å². The fourth-order valence-corrected chi connectivity index (χ4v) is 2.08. The topological polar surface area (TPSA) is 83.6 Å². The number of likely N-dealkylation sites (N-methyl/N-ethyl adjacent to an activating group) is 1. The Labute approximate surface area is 95.6 Å². The molecule has 5 nitrogen and oxygen atoms in total. The molecule has 1 rings (SSSR count). The van der Waals surface area contributed by atoms with Crippen molar-refractivity contribution >= 4 is 11.9 Å². The first-order valence-electron chi connectivity index (χ1n) is 5.70. The lowest BCUT2D eigenvalue weighted by atomic mass is 9.84. The van der Waals surface area contributed by atoms with Gasteiger partial charge < -0.3 is 15.7 Å². The van der Waals surface area contributed by atoms with E-state index < -0.39 is 12.0 Å². The molecule has 1 fully saturated rings. The molecule has 1 saturated carbocycles. The molecule has 0 aliphatic heterocycles. The van der Waals surface area contributed by atoms with E-state index in [-0.39, 0.29) is 17.9 Å². The van der Waals surface area contributed by atoms with Crippen LogP contribution in [0.2, 0.25) is 0 Å². The lowest BCUT2D eigenvalue weighted by Gasteiger charge is -2.32. The zero-order chi connectivity index (χ0) is 12.3. The summed E-state index contributed by atoms with van der Waals surface area (Å²) in [6, 6.07) is -0.911. The van der Waals surface area contributed by atoms with Crippen molar-refractivity contribution < 1.29 is 14.7 Å². The summed E-state index contributed by atoms with van der Waals surface area (Å²) in [6.45, 7) is 1.51. The summed E-state index contributed by atoms with van der Waals surface area (Å²) in [5.41, 5.74) is 5.90. The van der Waals surface area contributed by atoms with Gasteiger partial charge in [0, 0.05) is 13.1 Å². The van der Waals surface area contributed by atoms with E-state index in [0.717, 1.165) is 25.7 Å². The molecule has 0 spiro atoms. The Morgan fingerprint density at radius 1 is 1.38 bits per heavy atom. The van der Waals surface area contributed by atoms with Crippen LogP contribution in [0.3, 0.4) is 0 Å². The highest BCUT2D eigenvalue weighted by atomic mass is 16.4. The van der Waals surface area contributed by atoms with Crippen molar-refractivity contribution in [3.8, 4) is 0 Å². The van der Waals surface area contributed by atoms with Crippen LogP contribution in [0.5, 0.6) is 0 Å². The number of carboxylic acids is 1. The largest absolute Gasteiger partial charge is 0.480 e. The Hall–Kier alpha value is -1.10. The number of aliphatic carboxylic acids is 1. The van der Waals surface area contributed by atoms with Crippen molar-refractivity contribution in [1.82, 2.24) is 4.90 Å². The average molecular weight is 228 g/mol. The van der Waals surface area contributed by atoms with Crippen LogP contribution in [0, 0.1) is 5.92 Å². The van der Waals surface area contributed by atoms with E-state index in [1.165, 1.54) is 18.9 Å². The summed E-state index contributed by atoms with van der Waals surface area (Å²) in [5, 5.41) is 8.84. The number of carbonyl (C=O) groups excluding carboxylic acids is 1. The van der Waals surface area contributed by atoms with E-state index in [0.29, 0.717) is 0 Å². The van der Waals surface area contributed by atoms with Gasteiger partial charge >= 0.3 is 5.97 Å². The summed E-state index contributed by atoms with van der Waals surface area (Å²) in [5.74, 6) is -1.33. The van der Waals surface area contributed by atoms with Crippen LogP contribution < -0.4 is 5.73 Å². The quantitative estimate of drug-likeness (QED) is 0.734. The Kier molecular flexibility index (Phi) is 4.29. The van der Waals surface area contributed by atoms with E-state index in [9.17, 15) is 9.59 Å². The fourth-order valence-electron chi connectivity index (χ4n) is 2.08. The minimum Gasteiger partial charge on any atom is -0.480 e. The summed E-state index contributed by atoms with van der Waals surface area (Å²) in [7, 11) is 1.53. The molecular formula is C11H20N2O3. The van der Waals surface area contributed by atoms with Gasteiger partial charge in [0.2, 0.25) is 5.91 Å². The van der Waals surface area contributed by atoms with E-state index in [1.807, 2.05) is 0 Å². The Balaban J connectivity index is 2.65. The molecule has 3 N–H and O–H groups in total. The van der Waals surface area contributed by atoms with Crippen LogP contribution in [-0.4, -0.2) is 41.0 Å². The Morgan fingerprint density at radius 2 is 1.94 bits per heavy atom. The molecule has 0 bridgehead atoms. The van der Waals surface area contributed by atoms with E-state index in [1.54, 1.807) is 0 Å². The predicted octanol–water partition coefficient (Wildman–Crippen LogP) is 0.435. The van der Waals surface area contributed by atoms with Crippen LogP contribution in [0.1, 0.15) is 32.6 Å². The molecule has 0 aromatic rings. The number of hydrogen-bond acceptors (Lipinski definition) is 3. The Bertz CT molecular complexity index is 280. The SMILES string of the molecule is CC(C(=O)O)N(C)C(=O)C1CCCCC1N. The van der Waals surface area contributed by atoms with Crippen molar-refractivity contribution in [1.29, 1.82) is 0 Å². The highest BCUT2D eigenvalue weighted by Crippen LogP contribution is 2.24. The number of nitrogens with zero attached hydrogens (tertiary/aromatic N) is 1. The summed E-state index contributed by atoms with van der Waals surface area (Å²) in [6.07, 6.45) is 3.69. The fraction of sp³-hybridized carbons (Fsp3) is 0.818. The first-order valence-corrected chi connectivity index (χ1v) is 5.70. The normalized spacial score (nSPS) is 27.2. The molecule has 0 heterocycles. The molecule has 92 valence electrons. The molecule has 1 amide bonds. The first kappa shape index (κ1) is 13.0.